The topological polar surface area (TPSA) is 12.4 Å². The first kappa shape index (κ1) is 11.0. The fourth-order valence-electron chi connectivity index (χ4n) is 1.21. The predicted molar refractivity (Wildman–Crippen MR) is 63.0 cm³/mol. The van der Waals surface area contributed by atoms with Gasteiger partial charge < -0.3 is 0 Å². The van der Waals surface area contributed by atoms with E-state index < -0.39 is 0 Å². The second kappa shape index (κ2) is 4.94. The molecule has 0 bridgehead atoms. The van der Waals surface area contributed by atoms with Gasteiger partial charge in [-0.1, -0.05) is 30.3 Å². The number of hydrogen-bond acceptors (Lipinski definition) is 1. The Kier molecular flexibility index (Phi) is 3.87. The van der Waals surface area contributed by atoms with Crippen molar-refractivity contribution in [3.05, 3.63) is 35.9 Å². The van der Waals surface area contributed by atoms with Gasteiger partial charge in [0, 0.05) is 0 Å². The molecular formula is C13H19N. The average molecular weight is 189 g/mol. The normalized spacial score (nSPS) is 12.2. The Bertz CT molecular complexity index is 280. The van der Waals surface area contributed by atoms with E-state index in [0.29, 0.717) is 0 Å². The quantitative estimate of drug-likeness (QED) is 0.645. The minimum absolute atomic E-state index is 0.0662. The second-order valence-corrected chi connectivity index (χ2v) is 4.51. The molecule has 1 rings (SSSR count). The number of rotatable bonds is 3. The van der Waals surface area contributed by atoms with Crippen LogP contribution in [0.25, 0.3) is 0 Å². The van der Waals surface area contributed by atoms with Crippen LogP contribution in [0.15, 0.2) is 35.3 Å². The molecule has 0 heterocycles. The maximum Gasteiger partial charge on any atom is 0.0520 e. The summed E-state index contributed by atoms with van der Waals surface area (Å²) < 4.78 is 0. The van der Waals surface area contributed by atoms with Crippen molar-refractivity contribution in [2.45, 2.75) is 39.2 Å². The van der Waals surface area contributed by atoms with Gasteiger partial charge in [0.2, 0.25) is 0 Å². The minimum Gasteiger partial charge on any atom is -0.292 e. The lowest BCUT2D eigenvalue weighted by molar-refractivity contribution is 0.584. The maximum atomic E-state index is 4.45. The Morgan fingerprint density at radius 3 is 2.36 bits per heavy atom. The Hall–Kier alpha value is -1.11. The molecule has 1 aromatic rings. The predicted octanol–water partition coefficient (Wildman–Crippen LogP) is 3.49. The largest absolute Gasteiger partial charge is 0.292 e. The van der Waals surface area contributed by atoms with E-state index in [0.717, 1.165) is 12.8 Å². The van der Waals surface area contributed by atoms with Crippen molar-refractivity contribution in [2.24, 2.45) is 4.99 Å². The molecule has 0 saturated heterocycles. The molecule has 0 spiro atoms. The number of benzene rings is 1. The molecule has 1 nitrogen and oxygen atoms in total. The molecule has 1 aromatic carbocycles. The lowest BCUT2D eigenvalue weighted by atomic mass is 10.1. The highest BCUT2D eigenvalue weighted by Crippen LogP contribution is 2.06. The van der Waals surface area contributed by atoms with Crippen molar-refractivity contribution in [3.8, 4) is 0 Å². The van der Waals surface area contributed by atoms with Crippen LogP contribution in [0.3, 0.4) is 0 Å². The third-order valence-electron chi connectivity index (χ3n) is 1.88. The highest BCUT2D eigenvalue weighted by molar-refractivity contribution is 5.58. The fraction of sp³-hybridized carbons (Fsp3) is 0.462. The summed E-state index contributed by atoms with van der Waals surface area (Å²) in [7, 11) is 0. The van der Waals surface area contributed by atoms with Gasteiger partial charge in [-0.05, 0) is 45.4 Å². The molecule has 0 aliphatic rings. The summed E-state index contributed by atoms with van der Waals surface area (Å²) >= 11 is 0. The summed E-state index contributed by atoms with van der Waals surface area (Å²) in [5, 5.41) is 0. The van der Waals surface area contributed by atoms with E-state index in [1.54, 1.807) is 0 Å². The van der Waals surface area contributed by atoms with E-state index in [2.05, 4.69) is 50.0 Å². The average Bonchev–Trinajstić information content (AvgIpc) is 2.13. The molecule has 0 unspecified atom stereocenters. The highest BCUT2D eigenvalue weighted by Gasteiger charge is 2.03. The van der Waals surface area contributed by atoms with Gasteiger partial charge in [-0.2, -0.15) is 0 Å². The molecule has 0 radical (unpaired) electrons. The van der Waals surface area contributed by atoms with Crippen molar-refractivity contribution >= 4 is 6.21 Å². The van der Waals surface area contributed by atoms with Crippen LogP contribution in [0.5, 0.6) is 0 Å². The van der Waals surface area contributed by atoms with Gasteiger partial charge in [0.25, 0.3) is 0 Å². The number of aliphatic imine (C=N–C) groups is 1. The molecule has 76 valence electrons. The van der Waals surface area contributed by atoms with Crippen molar-refractivity contribution < 1.29 is 0 Å². The van der Waals surface area contributed by atoms with Crippen LogP contribution in [0.4, 0.5) is 0 Å². The summed E-state index contributed by atoms with van der Waals surface area (Å²) in [5.41, 5.74) is 1.45. The smallest absolute Gasteiger partial charge is 0.0520 e. The van der Waals surface area contributed by atoms with Crippen LogP contribution in [0, 0.1) is 0 Å². The van der Waals surface area contributed by atoms with Crippen LogP contribution in [0.1, 0.15) is 32.8 Å². The van der Waals surface area contributed by atoms with E-state index in [1.165, 1.54) is 5.56 Å². The number of nitrogens with zero attached hydrogens (tertiary/aromatic N) is 1. The van der Waals surface area contributed by atoms with Gasteiger partial charge in [0.15, 0.2) is 0 Å². The lowest BCUT2D eigenvalue weighted by Gasteiger charge is -2.10. The molecule has 0 atom stereocenters. The van der Waals surface area contributed by atoms with E-state index in [9.17, 15) is 0 Å². The van der Waals surface area contributed by atoms with Crippen molar-refractivity contribution in [1.82, 2.24) is 0 Å². The zero-order chi connectivity index (χ0) is 10.4. The Balaban J connectivity index is 2.33. The molecule has 14 heavy (non-hydrogen) atoms. The first-order chi connectivity index (χ1) is 6.58. The fourth-order valence-corrected chi connectivity index (χ4v) is 1.21. The first-order valence-corrected chi connectivity index (χ1v) is 5.15. The molecule has 0 fully saturated rings. The summed E-state index contributed by atoms with van der Waals surface area (Å²) in [6.07, 6.45) is 4.15. The van der Waals surface area contributed by atoms with E-state index >= 15 is 0 Å². The van der Waals surface area contributed by atoms with Crippen LogP contribution >= 0.6 is 0 Å². The van der Waals surface area contributed by atoms with E-state index in [1.807, 2.05) is 12.3 Å². The Labute approximate surface area is 86.9 Å². The van der Waals surface area contributed by atoms with Crippen LogP contribution in [0.2, 0.25) is 0 Å². The molecule has 0 aromatic heterocycles. The summed E-state index contributed by atoms with van der Waals surface area (Å²) in [6.45, 7) is 6.35. The molecule has 1 heteroatoms. The number of aryl methyl sites for hydroxylation is 1. The van der Waals surface area contributed by atoms with Gasteiger partial charge in [0.05, 0.1) is 5.54 Å². The molecule has 0 amide bonds. The summed E-state index contributed by atoms with van der Waals surface area (Å²) in [4.78, 5) is 4.45. The molecular weight excluding hydrogens is 170 g/mol. The standard InChI is InChI=1S/C13H19N/c1-13(2,3)14-11-7-10-12-8-5-4-6-9-12/h4-6,8-9,11H,7,10H2,1-3H3. The minimum atomic E-state index is 0.0662. The highest BCUT2D eigenvalue weighted by atomic mass is 14.8. The third kappa shape index (κ3) is 4.80. The zero-order valence-corrected chi connectivity index (χ0v) is 9.33. The van der Waals surface area contributed by atoms with E-state index in [-0.39, 0.29) is 5.54 Å². The molecule has 0 saturated carbocycles. The maximum absolute atomic E-state index is 4.45. The summed E-state index contributed by atoms with van der Waals surface area (Å²) in [6, 6.07) is 10.5. The molecule has 0 N–H and O–H groups in total. The van der Waals surface area contributed by atoms with Crippen molar-refractivity contribution in [2.75, 3.05) is 0 Å². The van der Waals surface area contributed by atoms with Gasteiger partial charge in [-0.3, -0.25) is 4.99 Å². The van der Waals surface area contributed by atoms with Crippen molar-refractivity contribution in [1.29, 1.82) is 0 Å². The van der Waals surface area contributed by atoms with Gasteiger partial charge in [0.1, 0.15) is 0 Å². The Morgan fingerprint density at radius 1 is 1.14 bits per heavy atom. The van der Waals surface area contributed by atoms with Gasteiger partial charge in [-0.25, -0.2) is 0 Å². The molecule has 0 aliphatic carbocycles. The Morgan fingerprint density at radius 2 is 1.79 bits per heavy atom. The zero-order valence-electron chi connectivity index (χ0n) is 9.33. The van der Waals surface area contributed by atoms with E-state index in [4.69, 9.17) is 0 Å². The van der Waals surface area contributed by atoms with Crippen LogP contribution < -0.4 is 0 Å². The van der Waals surface area contributed by atoms with Crippen molar-refractivity contribution in [3.63, 3.8) is 0 Å². The lowest BCUT2D eigenvalue weighted by Crippen LogP contribution is -2.09. The second-order valence-electron chi connectivity index (χ2n) is 4.51. The van der Waals surface area contributed by atoms with Crippen LogP contribution in [-0.2, 0) is 6.42 Å². The monoisotopic (exact) mass is 189 g/mol. The van der Waals surface area contributed by atoms with Gasteiger partial charge in [-0.15, -0.1) is 0 Å². The first-order valence-electron chi connectivity index (χ1n) is 5.15. The molecule has 0 aliphatic heterocycles. The van der Waals surface area contributed by atoms with Crippen LogP contribution in [-0.4, -0.2) is 11.8 Å². The van der Waals surface area contributed by atoms with Gasteiger partial charge >= 0.3 is 0 Å². The third-order valence-corrected chi connectivity index (χ3v) is 1.88. The summed E-state index contributed by atoms with van der Waals surface area (Å²) in [5.74, 6) is 0. The number of hydrogen-bond donors (Lipinski definition) is 0. The SMILES string of the molecule is CC(C)(C)N=CCCc1ccccc1.